The van der Waals surface area contributed by atoms with Gasteiger partial charge in [-0.25, -0.2) is 0 Å². The first kappa shape index (κ1) is 14.8. The molecule has 1 fully saturated rings. The molecule has 7 nitrogen and oxygen atoms in total. The molecule has 0 aliphatic carbocycles. The predicted molar refractivity (Wildman–Crippen MR) is 81.3 cm³/mol. The van der Waals surface area contributed by atoms with Gasteiger partial charge in [0, 0.05) is 24.5 Å². The van der Waals surface area contributed by atoms with Crippen LogP contribution in [-0.2, 0) is 11.3 Å². The van der Waals surface area contributed by atoms with E-state index in [1.54, 1.807) is 12.3 Å². The largest absolute Gasteiger partial charge is 0.338 e. The van der Waals surface area contributed by atoms with Gasteiger partial charge in [-0.3, -0.25) is 19.7 Å². The van der Waals surface area contributed by atoms with E-state index in [4.69, 9.17) is 4.52 Å². The molecule has 1 aliphatic rings. The summed E-state index contributed by atoms with van der Waals surface area (Å²) in [6, 6.07) is 3.75. The van der Waals surface area contributed by atoms with Gasteiger partial charge in [0.25, 0.3) is 0 Å². The molecule has 2 atom stereocenters. The lowest BCUT2D eigenvalue weighted by molar-refractivity contribution is -0.121. The molecule has 0 spiro atoms. The van der Waals surface area contributed by atoms with Crippen LogP contribution in [0.3, 0.4) is 0 Å². The van der Waals surface area contributed by atoms with Crippen LogP contribution in [-0.4, -0.2) is 44.4 Å². The van der Waals surface area contributed by atoms with E-state index in [2.05, 4.69) is 20.5 Å². The number of hydrogen-bond donors (Lipinski definition) is 1. The molecule has 1 aliphatic heterocycles. The van der Waals surface area contributed by atoms with Crippen LogP contribution in [0.15, 0.2) is 29.0 Å². The Bertz CT molecular complexity index is 622. The van der Waals surface area contributed by atoms with Gasteiger partial charge >= 0.3 is 0 Å². The fraction of sp³-hybridized carbons (Fsp3) is 0.533. The van der Waals surface area contributed by atoms with Gasteiger partial charge in [0.2, 0.25) is 11.8 Å². The Balaban J connectivity index is 1.62. The van der Waals surface area contributed by atoms with E-state index in [-0.39, 0.29) is 11.9 Å². The molecule has 2 aromatic rings. The van der Waals surface area contributed by atoms with E-state index in [1.165, 1.54) is 0 Å². The normalized spacial score (nSPS) is 20.2. The molecule has 1 N–H and O–H groups in total. The molecule has 0 unspecified atom stereocenters. The van der Waals surface area contributed by atoms with Gasteiger partial charge in [0.05, 0.1) is 18.3 Å². The summed E-state index contributed by atoms with van der Waals surface area (Å²) in [7, 11) is 0. The fourth-order valence-electron chi connectivity index (χ4n) is 2.99. The summed E-state index contributed by atoms with van der Waals surface area (Å²) in [5.74, 6) is 0.334. The Labute approximate surface area is 129 Å². The zero-order valence-electron chi connectivity index (χ0n) is 12.9. The van der Waals surface area contributed by atoms with Crippen LogP contribution in [0, 0.1) is 6.92 Å². The third-order valence-electron chi connectivity index (χ3n) is 4.13. The van der Waals surface area contributed by atoms with Gasteiger partial charge in [-0.05, 0) is 39.3 Å². The first-order valence-corrected chi connectivity index (χ1v) is 7.61. The molecular formula is C15H21N5O2. The summed E-state index contributed by atoms with van der Waals surface area (Å²) in [6.45, 7) is 5.49. The van der Waals surface area contributed by atoms with Crippen molar-refractivity contribution in [2.45, 2.75) is 45.3 Å². The van der Waals surface area contributed by atoms with Crippen molar-refractivity contribution in [3.8, 4) is 0 Å². The third-order valence-corrected chi connectivity index (χ3v) is 4.13. The number of likely N-dealkylation sites (tertiary alicyclic amines) is 1. The third kappa shape index (κ3) is 3.19. The monoisotopic (exact) mass is 303 g/mol. The summed E-state index contributed by atoms with van der Waals surface area (Å²) in [5, 5.41) is 10.8. The summed E-state index contributed by atoms with van der Waals surface area (Å²) >= 11 is 0. The van der Waals surface area contributed by atoms with Gasteiger partial charge in [0.1, 0.15) is 0 Å². The fourth-order valence-corrected chi connectivity index (χ4v) is 2.99. The zero-order chi connectivity index (χ0) is 15.5. The number of aryl methyl sites for hydroxylation is 1. The van der Waals surface area contributed by atoms with Crippen molar-refractivity contribution in [1.29, 1.82) is 0 Å². The summed E-state index contributed by atoms with van der Waals surface area (Å²) < 4.78 is 6.97. The van der Waals surface area contributed by atoms with Gasteiger partial charge in [-0.2, -0.15) is 5.10 Å². The van der Waals surface area contributed by atoms with Gasteiger partial charge in [-0.1, -0.05) is 5.16 Å². The number of amides is 1. The summed E-state index contributed by atoms with van der Waals surface area (Å²) in [6.07, 6.45) is 5.92. The second-order valence-electron chi connectivity index (χ2n) is 5.76. The molecule has 3 heterocycles. The number of nitrogens with zero attached hydrogens (tertiary/aromatic N) is 4. The minimum absolute atomic E-state index is 0.0662. The lowest BCUT2D eigenvalue weighted by Crippen LogP contribution is -2.46. The van der Waals surface area contributed by atoms with E-state index in [0.29, 0.717) is 11.9 Å². The molecule has 1 saturated heterocycles. The molecule has 3 rings (SSSR count). The van der Waals surface area contributed by atoms with Crippen LogP contribution in [0.5, 0.6) is 0 Å². The van der Waals surface area contributed by atoms with Crippen LogP contribution in [0.25, 0.3) is 0 Å². The number of carbonyl (C=O) groups excluding carboxylic acids is 1. The number of aromatic nitrogens is 3. The van der Waals surface area contributed by atoms with Crippen LogP contribution in [0.4, 0.5) is 5.88 Å². The van der Waals surface area contributed by atoms with Crippen molar-refractivity contribution in [3.05, 3.63) is 30.2 Å². The SMILES string of the molecule is Cc1cc(NC(=O)[C@@H](C)N2CCC[C@@H]2Cn2cccn2)on1. The lowest BCUT2D eigenvalue weighted by Gasteiger charge is -2.29. The highest BCUT2D eigenvalue weighted by Gasteiger charge is 2.32. The number of anilines is 1. The second kappa shape index (κ2) is 6.31. The maximum Gasteiger partial charge on any atom is 0.243 e. The molecular weight excluding hydrogens is 282 g/mol. The number of carbonyl (C=O) groups is 1. The molecule has 1 amide bonds. The van der Waals surface area contributed by atoms with E-state index in [1.807, 2.05) is 30.8 Å². The van der Waals surface area contributed by atoms with Crippen LogP contribution < -0.4 is 5.32 Å². The van der Waals surface area contributed by atoms with Crippen LogP contribution >= 0.6 is 0 Å². The van der Waals surface area contributed by atoms with Crippen LogP contribution in [0.1, 0.15) is 25.5 Å². The Morgan fingerprint density at radius 2 is 2.45 bits per heavy atom. The lowest BCUT2D eigenvalue weighted by atomic mass is 10.2. The van der Waals surface area contributed by atoms with Gasteiger partial charge < -0.3 is 4.52 Å². The van der Waals surface area contributed by atoms with E-state index < -0.39 is 0 Å². The second-order valence-corrected chi connectivity index (χ2v) is 5.76. The van der Waals surface area contributed by atoms with Crippen LogP contribution in [0.2, 0.25) is 0 Å². The highest BCUT2D eigenvalue weighted by atomic mass is 16.5. The van der Waals surface area contributed by atoms with Crippen molar-refractivity contribution in [1.82, 2.24) is 19.8 Å². The van der Waals surface area contributed by atoms with Crippen molar-refractivity contribution in [3.63, 3.8) is 0 Å². The molecule has 0 saturated carbocycles. The highest BCUT2D eigenvalue weighted by Crippen LogP contribution is 2.22. The van der Waals surface area contributed by atoms with Crippen molar-refractivity contribution >= 4 is 11.8 Å². The Morgan fingerprint density at radius 1 is 1.59 bits per heavy atom. The Kier molecular flexibility index (Phi) is 4.24. The average molecular weight is 303 g/mol. The maximum absolute atomic E-state index is 12.4. The van der Waals surface area contributed by atoms with Crippen molar-refractivity contribution < 1.29 is 9.32 Å². The molecule has 2 aromatic heterocycles. The van der Waals surface area contributed by atoms with Gasteiger partial charge in [0.15, 0.2) is 0 Å². The topological polar surface area (TPSA) is 76.2 Å². The minimum atomic E-state index is -0.214. The predicted octanol–water partition coefficient (Wildman–Crippen LogP) is 1.67. The molecule has 22 heavy (non-hydrogen) atoms. The molecule has 0 aromatic carbocycles. The highest BCUT2D eigenvalue weighted by molar-refractivity contribution is 5.93. The maximum atomic E-state index is 12.4. The standard InChI is InChI=1S/C15H21N5O2/c1-11-9-14(22-18-11)17-15(21)12(2)20-8-3-5-13(20)10-19-7-4-6-16-19/h4,6-7,9,12-13H,3,5,8,10H2,1-2H3,(H,17,21)/t12-,13-/m1/s1. The van der Waals surface area contributed by atoms with Gasteiger partial charge in [-0.15, -0.1) is 0 Å². The summed E-state index contributed by atoms with van der Waals surface area (Å²) in [4.78, 5) is 14.6. The molecule has 0 radical (unpaired) electrons. The van der Waals surface area contributed by atoms with Crippen molar-refractivity contribution in [2.24, 2.45) is 0 Å². The number of hydrogen-bond acceptors (Lipinski definition) is 5. The van der Waals surface area contributed by atoms with Crippen molar-refractivity contribution in [2.75, 3.05) is 11.9 Å². The quantitative estimate of drug-likeness (QED) is 0.909. The zero-order valence-corrected chi connectivity index (χ0v) is 12.9. The Morgan fingerprint density at radius 3 is 3.14 bits per heavy atom. The average Bonchev–Trinajstić information content (AvgIpc) is 3.21. The summed E-state index contributed by atoms with van der Waals surface area (Å²) in [5.41, 5.74) is 0.751. The minimum Gasteiger partial charge on any atom is -0.338 e. The number of rotatable bonds is 5. The Hall–Kier alpha value is -2.15. The molecule has 0 bridgehead atoms. The first-order valence-electron chi connectivity index (χ1n) is 7.61. The van der Waals surface area contributed by atoms with E-state index in [0.717, 1.165) is 31.6 Å². The smallest absolute Gasteiger partial charge is 0.243 e. The molecule has 7 heteroatoms. The van der Waals surface area contributed by atoms with E-state index in [9.17, 15) is 4.79 Å². The molecule has 118 valence electrons. The first-order chi connectivity index (χ1) is 10.6. The van der Waals surface area contributed by atoms with E-state index >= 15 is 0 Å². The number of nitrogens with one attached hydrogen (secondary N) is 1.